The fourth-order valence-corrected chi connectivity index (χ4v) is 14.3. The number of nitrogens with two attached hydrogens (primary N) is 1. The van der Waals surface area contributed by atoms with Gasteiger partial charge in [0.15, 0.2) is 5.78 Å². The van der Waals surface area contributed by atoms with Crippen LogP contribution in [0.25, 0.3) is 43.4 Å². The SMILES string of the molecule is C=C(NC(=O)C(=C)NC(=O)c1csc(-c2ccc3c(n2)-c2csc(n2)-c2csc(n2)C(C(C)C(=O)CO)NC(=O)C(Cc2ccc(O)cc2)NC(=O)c2csc(n2)C(C(O)c2ccccc2)NC(=O)c2nc(sc2C)C(CC(N)=O)NC(=O)c2cnc-3s2)n1)C(=O)O. The van der Waals surface area contributed by atoms with E-state index >= 15 is 0 Å². The van der Waals surface area contributed by atoms with Gasteiger partial charge in [-0.25, -0.2) is 39.7 Å². The van der Waals surface area contributed by atoms with E-state index < -0.39 is 114 Å². The number of pyridine rings is 1. The van der Waals surface area contributed by atoms with Gasteiger partial charge in [-0.2, -0.15) is 0 Å². The average molecular weight is 1360 g/mol. The molecule has 1 aliphatic rings. The fourth-order valence-electron chi connectivity index (χ4n) is 9.06. The molecule has 0 saturated carbocycles. The molecule has 10 bridgehead atoms. The molecule has 10 rings (SSSR count). The first-order valence-corrected chi connectivity index (χ1v) is 32.3. The maximum Gasteiger partial charge on any atom is 0.351 e. The number of fused-ring (bicyclic) bond motifs is 14. The molecule has 6 unspecified atom stereocenters. The molecule has 92 heavy (non-hydrogen) atoms. The first kappa shape index (κ1) is 65.0. The van der Waals surface area contributed by atoms with Crippen LogP contribution >= 0.6 is 68.0 Å². The summed E-state index contributed by atoms with van der Waals surface area (Å²) in [5.41, 5.74) is 6.31. The lowest BCUT2D eigenvalue weighted by molar-refractivity contribution is -0.134. The van der Waals surface area contributed by atoms with E-state index in [0.29, 0.717) is 32.3 Å². The van der Waals surface area contributed by atoms with Gasteiger partial charge in [0, 0.05) is 44.3 Å². The predicted octanol–water partition coefficient (Wildman–Crippen LogP) is 5.72. The number of ketones is 1. The van der Waals surface area contributed by atoms with E-state index in [1.807, 2.05) is 5.32 Å². The molecule has 7 aromatic heterocycles. The number of phenols is 1. The first-order valence-electron chi connectivity index (χ1n) is 27.2. The Bertz CT molecular complexity index is 4400. The molecule has 2 aromatic carbocycles. The molecule has 9 aromatic rings. The number of Topliss-reactive ketones (excluding diaryl/α,β-unsaturated/α-hetero) is 1. The van der Waals surface area contributed by atoms with Gasteiger partial charge in [-0.15, -0.1) is 68.0 Å². The maximum atomic E-state index is 14.8. The zero-order chi connectivity index (χ0) is 65.7. The lowest BCUT2D eigenvalue weighted by Gasteiger charge is -2.25. The summed E-state index contributed by atoms with van der Waals surface area (Å²) < 4.78 is 0. The fraction of sp³-hybridized carbons (Fsp3) is 0.186. The predicted molar refractivity (Wildman–Crippen MR) is 340 cm³/mol. The summed E-state index contributed by atoms with van der Waals surface area (Å²) in [5.74, 6) is -9.14. The lowest BCUT2D eigenvalue weighted by Crippen LogP contribution is -2.50. The molecule has 8 heterocycles. The van der Waals surface area contributed by atoms with E-state index in [1.54, 1.807) is 72.3 Å². The Hall–Kier alpha value is -10.00. The van der Waals surface area contributed by atoms with Gasteiger partial charge in [-0.05, 0) is 42.3 Å². The smallest absolute Gasteiger partial charge is 0.351 e. The minimum atomic E-state index is -1.50. The third-order valence-electron chi connectivity index (χ3n) is 13.9. The number of carboxylic acids is 1. The summed E-state index contributed by atoms with van der Waals surface area (Å²) in [6.45, 7) is 8.94. The van der Waals surface area contributed by atoms with Crippen molar-refractivity contribution in [2.45, 2.75) is 57.0 Å². The van der Waals surface area contributed by atoms with Crippen LogP contribution in [-0.2, 0) is 30.4 Å². The number of nitrogens with one attached hydrogen (secondary N) is 6. The van der Waals surface area contributed by atoms with Crippen molar-refractivity contribution in [1.29, 1.82) is 0 Å². The van der Waals surface area contributed by atoms with Crippen LogP contribution in [-0.4, -0.2) is 121 Å². The minimum Gasteiger partial charge on any atom is -0.508 e. The van der Waals surface area contributed by atoms with Crippen LogP contribution in [0.1, 0.15) is 110 Å². The van der Waals surface area contributed by atoms with Gasteiger partial charge < -0.3 is 58.1 Å². The van der Waals surface area contributed by atoms with Crippen molar-refractivity contribution in [3.05, 3.63) is 172 Å². The number of aliphatic carboxylic acids is 1. The number of rotatable bonds is 15. The molecule has 12 N–H and O–H groups in total. The van der Waals surface area contributed by atoms with Crippen molar-refractivity contribution in [2.24, 2.45) is 11.7 Å². The van der Waals surface area contributed by atoms with Crippen LogP contribution in [0.3, 0.4) is 0 Å². The highest BCUT2D eigenvalue weighted by Gasteiger charge is 2.36. The second-order valence-corrected chi connectivity index (χ2v) is 26.0. The number of nitrogens with zero attached hydrogens (tertiary/aromatic N) is 7. The number of amides is 7. The molecule has 0 saturated heterocycles. The summed E-state index contributed by atoms with van der Waals surface area (Å²) in [6, 6.07) is 12.4. The second kappa shape index (κ2) is 28.0. The van der Waals surface area contributed by atoms with Gasteiger partial charge in [-0.1, -0.05) is 62.5 Å². The van der Waals surface area contributed by atoms with Crippen LogP contribution in [0.4, 0.5) is 0 Å². The molecule has 0 radical (unpaired) electrons. The topological polar surface area (TPSA) is 423 Å². The highest BCUT2D eigenvalue weighted by atomic mass is 32.1. The molecule has 0 spiro atoms. The Morgan fingerprint density at radius 2 is 1.34 bits per heavy atom. The van der Waals surface area contributed by atoms with E-state index in [4.69, 9.17) is 25.8 Å². The largest absolute Gasteiger partial charge is 0.508 e. The number of aryl methyl sites for hydroxylation is 1. The highest BCUT2D eigenvalue weighted by molar-refractivity contribution is 7.17. The number of carboxylic acid groups (broad SMARTS) is 1. The van der Waals surface area contributed by atoms with E-state index in [-0.39, 0.29) is 76.2 Å². The van der Waals surface area contributed by atoms with Crippen LogP contribution in [0.5, 0.6) is 5.75 Å². The lowest BCUT2D eigenvalue weighted by atomic mass is 9.96. The molecule has 0 aliphatic carbocycles. The van der Waals surface area contributed by atoms with Crippen molar-refractivity contribution in [3.8, 4) is 49.1 Å². The van der Waals surface area contributed by atoms with E-state index in [2.05, 4.69) is 59.7 Å². The Morgan fingerprint density at radius 3 is 2.05 bits per heavy atom. The maximum absolute atomic E-state index is 14.8. The summed E-state index contributed by atoms with van der Waals surface area (Å²) in [6.07, 6.45) is -0.752. The number of carbonyl (C=O) groups excluding carboxylic acids is 8. The second-order valence-electron chi connectivity index (χ2n) is 20.3. The van der Waals surface area contributed by atoms with Crippen LogP contribution in [0.15, 0.2) is 119 Å². The molecule has 470 valence electrons. The number of aliphatic hydroxyl groups is 2. The molecule has 33 heteroatoms. The number of benzene rings is 2. The van der Waals surface area contributed by atoms with E-state index in [0.717, 1.165) is 68.0 Å². The minimum absolute atomic E-state index is 0.0586. The van der Waals surface area contributed by atoms with Gasteiger partial charge in [0.1, 0.15) is 105 Å². The molecule has 27 nitrogen and oxygen atoms in total. The molecular weight excluding hydrogens is 1310 g/mol. The van der Waals surface area contributed by atoms with Crippen molar-refractivity contribution >= 4 is 121 Å². The molecule has 7 amide bonds. The van der Waals surface area contributed by atoms with E-state index in [1.165, 1.54) is 36.0 Å². The highest BCUT2D eigenvalue weighted by Crippen LogP contribution is 2.40. The zero-order valence-electron chi connectivity index (χ0n) is 47.9. The summed E-state index contributed by atoms with van der Waals surface area (Å²) >= 11 is 6.10. The summed E-state index contributed by atoms with van der Waals surface area (Å²) in [4.78, 5) is 154. The molecule has 6 atom stereocenters. The monoisotopic (exact) mass is 1350 g/mol. The van der Waals surface area contributed by atoms with Crippen LogP contribution in [0.2, 0.25) is 0 Å². The van der Waals surface area contributed by atoms with Crippen LogP contribution < -0.4 is 37.6 Å². The zero-order valence-corrected chi connectivity index (χ0v) is 52.8. The number of hydrogen-bond donors (Lipinski definition) is 11. The number of aromatic nitrogens is 7. The van der Waals surface area contributed by atoms with Gasteiger partial charge in [0.05, 0.1) is 36.1 Å². The Labute approximate surface area is 544 Å². The average Bonchev–Trinajstić information content (AvgIpc) is 1.61. The number of hydrogen-bond acceptors (Lipinski definition) is 25. The van der Waals surface area contributed by atoms with Gasteiger partial charge in [0.2, 0.25) is 11.8 Å². The number of phenolic OH excluding ortho intramolecular Hbond substituents is 1. The van der Waals surface area contributed by atoms with Gasteiger partial charge in [0.25, 0.3) is 29.5 Å². The first-order chi connectivity index (χ1) is 44.0. The third-order valence-corrected chi connectivity index (χ3v) is 19.6. The van der Waals surface area contributed by atoms with Crippen molar-refractivity contribution < 1.29 is 63.6 Å². The number of carbonyl (C=O) groups is 9. The number of primary amides is 1. The third kappa shape index (κ3) is 14.7. The summed E-state index contributed by atoms with van der Waals surface area (Å²) in [5, 5.41) is 64.2. The molecule has 1 aliphatic heterocycles. The molecule has 0 fully saturated rings. The quantitative estimate of drug-likeness (QED) is 0.0546. The number of thiazole rings is 6. The van der Waals surface area contributed by atoms with Crippen molar-refractivity contribution in [3.63, 3.8) is 0 Å². The van der Waals surface area contributed by atoms with Crippen molar-refractivity contribution in [1.82, 2.24) is 66.8 Å². The number of aliphatic hydroxyl groups excluding tert-OH is 2. The Kier molecular flexibility index (Phi) is 19.8. The Balaban J connectivity index is 1.06. The number of aromatic hydroxyl groups is 1. The van der Waals surface area contributed by atoms with Crippen molar-refractivity contribution in [2.75, 3.05) is 6.61 Å². The van der Waals surface area contributed by atoms with Gasteiger partial charge >= 0.3 is 5.97 Å². The normalized spacial score (nSPS) is 16.7. The van der Waals surface area contributed by atoms with Crippen LogP contribution in [0, 0.1) is 12.8 Å². The van der Waals surface area contributed by atoms with E-state index in [9.17, 15) is 58.5 Å². The summed E-state index contributed by atoms with van der Waals surface area (Å²) in [7, 11) is 0. The standard InChI is InChI=1S/C59H50N14O13S6/c1-24(39(76)19-74)42-57-70-38(23-90-57)55-67-35(20-87-55)44-31(14-15-32(64-44)54-68-36(21-88-54)49(81)62-25(2)47(79)63-26(3)59(85)86)53-61-18-40(92-53)51(83)66-34(17-41(60)77)56-73-43(27(4)91-56)52(84)72-45(46(78)29-8-6-5-7-9-29)58-69-37(22-89-58)50(82)65-33(48(80)71-42)16-28-10-12-30(75)13-11-28/h5-15,18,20-24,33-34,42,45-46,74-75,78H,2-3,16-17,19H2,1,4H3,(H2,60,77)(H,62,81)(H,63,79)(H,65,82)(H,66,83)(H,71,80)(H,72,84)(H,85,86). The Morgan fingerprint density at radius 1 is 0.663 bits per heavy atom. The molecular formula is C59H50N14O13S6. The van der Waals surface area contributed by atoms with Gasteiger partial charge in [-0.3, -0.25) is 38.4 Å².